The van der Waals surface area contributed by atoms with Gasteiger partial charge in [-0.2, -0.15) is 0 Å². The van der Waals surface area contributed by atoms with E-state index in [9.17, 15) is 0 Å². The van der Waals surface area contributed by atoms with Crippen LogP contribution in [-0.4, -0.2) is 14.9 Å². The van der Waals surface area contributed by atoms with Crippen LogP contribution in [0, 0.1) is 0 Å². The minimum absolute atomic E-state index is 0.194. The van der Waals surface area contributed by atoms with Crippen molar-refractivity contribution in [3.05, 3.63) is 60.7 Å². The van der Waals surface area contributed by atoms with Gasteiger partial charge in [0, 0.05) is 14.8 Å². The Balaban J connectivity index is 2.51. The van der Waals surface area contributed by atoms with Crippen LogP contribution in [0.25, 0.3) is 0 Å². The molecule has 0 bridgehead atoms. The Labute approximate surface area is 198 Å². The molecule has 0 amide bonds. The fraction of sp³-hybridized carbons (Fsp3) is 0.571. The van der Waals surface area contributed by atoms with E-state index in [-0.39, 0.29) is 6.42 Å². The number of rotatable bonds is 14. The van der Waals surface area contributed by atoms with Gasteiger partial charge in [0.25, 0.3) is 8.32 Å². The SMILES string of the molecule is [2H]C([2H])(CCCCCCCC)C([2H])([2H])C([2H])([2H])C([2H])([2H])O[Si](c1ccccc1)(c1ccccc1)C(C)(C)C. The second kappa shape index (κ2) is 13.1. The summed E-state index contributed by atoms with van der Waals surface area (Å²) in [6.45, 7) is 4.75. The molecule has 2 aromatic rings. The molecule has 0 heterocycles. The average molecular weight is 433 g/mol. The average Bonchev–Trinajstić information content (AvgIpc) is 2.84. The van der Waals surface area contributed by atoms with Gasteiger partial charge in [0.15, 0.2) is 0 Å². The third-order valence-corrected chi connectivity index (χ3v) is 10.3. The molecule has 2 heteroatoms. The van der Waals surface area contributed by atoms with Crippen LogP contribution >= 0.6 is 0 Å². The second-order valence-electron chi connectivity index (χ2n) is 8.81. The molecule has 0 aromatic heterocycles. The Morgan fingerprint density at radius 1 is 0.700 bits per heavy atom. The van der Waals surface area contributed by atoms with E-state index in [4.69, 9.17) is 15.4 Å². The van der Waals surface area contributed by atoms with Crippen molar-refractivity contribution >= 4 is 18.7 Å². The summed E-state index contributed by atoms with van der Waals surface area (Å²) in [6, 6.07) is 18.4. The van der Waals surface area contributed by atoms with Gasteiger partial charge in [0.2, 0.25) is 0 Å². The van der Waals surface area contributed by atoms with Crippen molar-refractivity contribution in [3.63, 3.8) is 0 Å². The van der Waals surface area contributed by atoms with Crippen LogP contribution in [0.4, 0.5) is 0 Å². The predicted octanol–water partition coefficient (Wildman–Crippen LogP) is 7.48. The largest absolute Gasteiger partial charge is 0.407 e. The zero-order chi connectivity index (χ0) is 28.9. The fourth-order valence-corrected chi connectivity index (χ4v) is 8.01. The Kier molecular flexibility index (Phi) is 6.75. The van der Waals surface area contributed by atoms with Crippen LogP contribution < -0.4 is 10.4 Å². The lowest BCUT2D eigenvalue weighted by atomic mass is 10.1. The Morgan fingerprint density at radius 2 is 1.20 bits per heavy atom. The zero-order valence-corrected chi connectivity index (χ0v) is 20.1. The van der Waals surface area contributed by atoms with Crippen molar-refractivity contribution in [2.24, 2.45) is 0 Å². The molecule has 30 heavy (non-hydrogen) atoms. The van der Waals surface area contributed by atoms with Crippen molar-refractivity contribution in [1.82, 2.24) is 0 Å². The quantitative estimate of drug-likeness (QED) is 0.222. The number of hydrogen-bond acceptors (Lipinski definition) is 1. The van der Waals surface area contributed by atoms with E-state index in [1.54, 1.807) is 0 Å². The molecule has 2 aromatic carbocycles. The van der Waals surface area contributed by atoms with E-state index in [2.05, 4.69) is 6.92 Å². The van der Waals surface area contributed by atoms with E-state index in [1.165, 1.54) is 0 Å². The first-order valence-electron chi connectivity index (χ1n) is 15.3. The Morgan fingerprint density at radius 3 is 1.70 bits per heavy atom. The third kappa shape index (κ3) is 7.09. The summed E-state index contributed by atoms with van der Waals surface area (Å²) in [5.41, 5.74) is 0. The van der Waals surface area contributed by atoms with E-state index in [0.717, 1.165) is 42.5 Å². The summed E-state index contributed by atoms with van der Waals surface area (Å²) in [6.07, 6.45) is -3.98. The molecule has 0 spiro atoms. The van der Waals surface area contributed by atoms with Crippen molar-refractivity contribution in [2.75, 3.05) is 6.56 Å². The lowest BCUT2D eigenvalue weighted by Crippen LogP contribution is -2.66. The molecule has 0 unspecified atom stereocenters. The van der Waals surface area contributed by atoms with Crippen molar-refractivity contribution < 1.29 is 15.4 Å². The van der Waals surface area contributed by atoms with E-state index in [1.807, 2.05) is 81.4 Å². The smallest absolute Gasteiger partial charge is 0.261 e. The van der Waals surface area contributed by atoms with Crippen molar-refractivity contribution in [1.29, 1.82) is 0 Å². The van der Waals surface area contributed by atoms with Crippen LogP contribution in [-0.2, 0) is 4.43 Å². The van der Waals surface area contributed by atoms with Crippen molar-refractivity contribution in [2.45, 2.75) is 96.8 Å². The Bertz CT molecular complexity index is 951. The van der Waals surface area contributed by atoms with Gasteiger partial charge < -0.3 is 4.43 Å². The van der Waals surface area contributed by atoms with Crippen LogP contribution in [0.2, 0.25) is 5.04 Å². The summed E-state index contributed by atoms with van der Waals surface area (Å²) in [5, 5.41) is 0.798. The first-order chi connectivity index (χ1) is 17.5. The molecule has 166 valence electrons. The maximum atomic E-state index is 8.89. The van der Waals surface area contributed by atoms with Crippen molar-refractivity contribution in [3.8, 4) is 0 Å². The molecule has 0 atom stereocenters. The monoisotopic (exact) mass is 432 g/mol. The van der Waals surface area contributed by atoms with Gasteiger partial charge >= 0.3 is 0 Å². The Hall–Kier alpha value is -1.38. The van der Waals surface area contributed by atoms with Crippen LogP contribution in [0.3, 0.4) is 0 Å². The molecule has 2 rings (SSSR count). The summed E-state index contributed by atoms with van der Waals surface area (Å²) < 4.78 is 75.9. The molecule has 0 aliphatic rings. The molecule has 0 aliphatic heterocycles. The first-order valence-corrected chi connectivity index (χ1v) is 13.2. The molecule has 0 radical (unpaired) electrons. The van der Waals surface area contributed by atoms with Gasteiger partial charge in [-0.1, -0.05) is 146 Å². The zero-order valence-electron chi connectivity index (χ0n) is 27.1. The molecule has 0 aliphatic carbocycles. The van der Waals surface area contributed by atoms with Gasteiger partial charge in [-0.15, -0.1) is 0 Å². The van der Waals surface area contributed by atoms with Gasteiger partial charge in [-0.05, 0) is 21.8 Å². The van der Waals surface area contributed by atoms with Crippen LogP contribution in [0.1, 0.15) is 103 Å². The van der Waals surface area contributed by atoms with E-state index < -0.39 is 39.0 Å². The maximum absolute atomic E-state index is 8.89. The number of benzene rings is 2. The van der Waals surface area contributed by atoms with Gasteiger partial charge in [0.05, 0.1) is 2.74 Å². The van der Waals surface area contributed by atoms with Crippen LogP contribution in [0.15, 0.2) is 60.7 Å². The highest BCUT2D eigenvalue weighted by Gasteiger charge is 2.49. The summed E-state index contributed by atoms with van der Waals surface area (Å²) in [7, 11) is -3.58. The van der Waals surface area contributed by atoms with Gasteiger partial charge in [0.1, 0.15) is 0 Å². The molecule has 0 saturated heterocycles. The predicted molar refractivity (Wildman–Crippen MR) is 135 cm³/mol. The molecule has 0 N–H and O–H groups in total. The standard InChI is InChI=1S/C28H44OSi/c1-5-6-7-8-9-10-11-12-13-20-25-29-30(28(2,3)4,26-21-16-14-17-22-26)27-23-18-15-19-24-27/h14-19,21-24H,5-13,20,25H2,1-4H3/i12D2,13D2,20D2,25D2. The van der Waals surface area contributed by atoms with Gasteiger partial charge in [-0.25, -0.2) is 0 Å². The highest BCUT2D eigenvalue weighted by atomic mass is 28.4. The second-order valence-corrected chi connectivity index (χ2v) is 13.0. The molecular weight excluding hydrogens is 380 g/mol. The summed E-state index contributed by atoms with van der Waals surface area (Å²) in [4.78, 5) is 0. The highest BCUT2D eigenvalue weighted by Crippen LogP contribution is 2.36. The maximum Gasteiger partial charge on any atom is 0.261 e. The minimum atomic E-state index is -3.58. The molecule has 1 nitrogen and oxygen atoms in total. The normalized spacial score (nSPS) is 18.1. The number of hydrogen-bond donors (Lipinski definition) is 0. The highest BCUT2D eigenvalue weighted by molar-refractivity contribution is 6.99. The molecule has 0 fully saturated rings. The molecular formula is C28H44OSi. The minimum Gasteiger partial charge on any atom is -0.407 e. The van der Waals surface area contributed by atoms with Crippen LogP contribution in [0.5, 0.6) is 0 Å². The lowest BCUT2D eigenvalue weighted by Gasteiger charge is -2.43. The van der Waals surface area contributed by atoms with E-state index in [0.29, 0.717) is 6.42 Å². The summed E-state index contributed by atoms with van der Waals surface area (Å²) in [5.74, 6) is 0. The molecule has 0 saturated carbocycles. The summed E-state index contributed by atoms with van der Waals surface area (Å²) >= 11 is 0. The van der Waals surface area contributed by atoms with Gasteiger partial charge in [-0.3, -0.25) is 0 Å². The topological polar surface area (TPSA) is 9.23 Å². The lowest BCUT2D eigenvalue weighted by molar-refractivity contribution is 0.286. The first kappa shape index (κ1) is 15.4. The van der Waals surface area contributed by atoms with E-state index >= 15 is 0 Å². The number of unbranched alkanes of at least 4 members (excludes halogenated alkanes) is 5. The fourth-order valence-electron chi connectivity index (χ4n) is 3.88. The third-order valence-electron chi connectivity index (χ3n) is 5.48.